The molecular weight excluding hydrogens is 247 g/mol. The molecule has 2 rings (SSSR count). The van der Waals surface area contributed by atoms with Crippen molar-refractivity contribution in [2.75, 3.05) is 0 Å². The van der Waals surface area contributed by atoms with Crippen LogP contribution in [0.1, 0.15) is 15.9 Å². The van der Waals surface area contributed by atoms with E-state index in [-0.39, 0.29) is 11.7 Å². The highest BCUT2D eigenvalue weighted by Gasteiger charge is 2.04. The van der Waals surface area contributed by atoms with Crippen molar-refractivity contribution in [2.45, 2.75) is 6.61 Å². The maximum Gasteiger partial charge on any atom is 0.265 e. The zero-order valence-electron chi connectivity index (χ0n) is 10.1. The van der Waals surface area contributed by atoms with E-state index in [0.717, 1.165) is 5.56 Å². The number of hydrogen-bond donors (Lipinski definition) is 2. The molecule has 0 aliphatic rings. The molecule has 3 N–H and O–H groups in total. The Labute approximate surface area is 110 Å². The minimum absolute atomic E-state index is 0.287. The van der Waals surface area contributed by atoms with Crippen LogP contribution in [0.4, 0.5) is 4.39 Å². The normalized spacial score (nSPS) is 10.0. The highest BCUT2D eigenvalue weighted by molar-refractivity contribution is 5.94. The Balaban J connectivity index is 2.03. The van der Waals surface area contributed by atoms with Crippen LogP contribution in [0.25, 0.3) is 0 Å². The summed E-state index contributed by atoms with van der Waals surface area (Å²) < 4.78 is 18.3. The molecule has 0 aromatic heterocycles. The third-order valence-electron chi connectivity index (χ3n) is 2.55. The second-order valence-corrected chi connectivity index (χ2v) is 3.92. The van der Waals surface area contributed by atoms with Crippen LogP contribution in [-0.2, 0) is 6.61 Å². The van der Waals surface area contributed by atoms with E-state index in [4.69, 9.17) is 10.6 Å². The molecule has 0 aliphatic carbocycles. The molecule has 2 aromatic rings. The number of nitrogens with two attached hydrogens (primary N) is 1. The summed E-state index contributed by atoms with van der Waals surface area (Å²) in [4.78, 5) is 11.3. The number of hydrazine groups is 1. The molecule has 0 spiro atoms. The summed E-state index contributed by atoms with van der Waals surface area (Å²) in [6.45, 7) is 0.300. The summed E-state index contributed by atoms with van der Waals surface area (Å²) >= 11 is 0. The van der Waals surface area contributed by atoms with E-state index >= 15 is 0 Å². The van der Waals surface area contributed by atoms with Gasteiger partial charge in [0.2, 0.25) is 0 Å². The van der Waals surface area contributed by atoms with E-state index in [1.54, 1.807) is 36.4 Å². The Morgan fingerprint density at radius 2 is 1.95 bits per heavy atom. The number of amides is 1. The van der Waals surface area contributed by atoms with E-state index < -0.39 is 0 Å². The fourth-order valence-corrected chi connectivity index (χ4v) is 1.56. The monoisotopic (exact) mass is 260 g/mol. The molecule has 0 atom stereocenters. The molecule has 19 heavy (non-hydrogen) atoms. The van der Waals surface area contributed by atoms with Crippen LogP contribution in [-0.4, -0.2) is 5.91 Å². The van der Waals surface area contributed by atoms with Gasteiger partial charge in [-0.25, -0.2) is 10.2 Å². The fraction of sp³-hybridized carbons (Fsp3) is 0.0714. The van der Waals surface area contributed by atoms with Gasteiger partial charge in [-0.15, -0.1) is 0 Å². The van der Waals surface area contributed by atoms with E-state index in [0.29, 0.717) is 17.9 Å². The molecule has 1 amide bonds. The number of rotatable bonds is 4. The zero-order valence-corrected chi connectivity index (χ0v) is 10.1. The lowest BCUT2D eigenvalue weighted by atomic mass is 10.2. The van der Waals surface area contributed by atoms with Gasteiger partial charge in [0.05, 0.1) is 0 Å². The first-order valence-corrected chi connectivity index (χ1v) is 5.67. The number of carbonyl (C=O) groups is 1. The summed E-state index contributed by atoms with van der Waals surface area (Å²) in [5.74, 6) is 4.94. The zero-order chi connectivity index (χ0) is 13.7. The van der Waals surface area contributed by atoms with Crippen molar-refractivity contribution < 1.29 is 13.9 Å². The van der Waals surface area contributed by atoms with Crippen LogP contribution < -0.4 is 16.0 Å². The number of nitrogens with one attached hydrogen (secondary N) is 1. The molecule has 0 saturated heterocycles. The van der Waals surface area contributed by atoms with Gasteiger partial charge in [0.15, 0.2) is 0 Å². The second-order valence-electron chi connectivity index (χ2n) is 3.92. The van der Waals surface area contributed by atoms with Crippen LogP contribution in [0.2, 0.25) is 0 Å². The molecule has 0 heterocycles. The number of benzene rings is 2. The molecule has 0 radical (unpaired) electrons. The minimum atomic E-state index is -0.382. The second kappa shape index (κ2) is 5.97. The van der Waals surface area contributed by atoms with Gasteiger partial charge in [-0.1, -0.05) is 18.2 Å². The number of halogens is 1. The van der Waals surface area contributed by atoms with Crippen molar-refractivity contribution in [1.82, 2.24) is 5.43 Å². The summed E-state index contributed by atoms with van der Waals surface area (Å²) in [6, 6.07) is 12.7. The van der Waals surface area contributed by atoms with Gasteiger partial charge >= 0.3 is 0 Å². The van der Waals surface area contributed by atoms with Crippen LogP contribution >= 0.6 is 0 Å². The van der Waals surface area contributed by atoms with E-state index in [9.17, 15) is 9.18 Å². The molecule has 5 heteroatoms. The van der Waals surface area contributed by atoms with Gasteiger partial charge in [0.25, 0.3) is 5.91 Å². The summed E-state index contributed by atoms with van der Waals surface area (Å²) in [7, 11) is 0. The van der Waals surface area contributed by atoms with E-state index in [2.05, 4.69) is 5.43 Å². The van der Waals surface area contributed by atoms with Gasteiger partial charge in [-0.3, -0.25) is 10.2 Å². The highest BCUT2D eigenvalue weighted by atomic mass is 19.1. The molecule has 2 aromatic carbocycles. The largest absolute Gasteiger partial charge is 0.489 e. The molecule has 0 fully saturated rings. The highest BCUT2D eigenvalue weighted by Crippen LogP contribution is 2.15. The smallest absolute Gasteiger partial charge is 0.265 e. The SMILES string of the molecule is NNC(=O)c1cccc(OCc2ccc(F)cc2)c1. The average molecular weight is 260 g/mol. The number of carbonyl (C=O) groups excluding carboxylic acids is 1. The summed E-state index contributed by atoms with van der Waals surface area (Å²) in [5.41, 5.74) is 3.31. The number of hydrogen-bond acceptors (Lipinski definition) is 3. The van der Waals surface area contributed by atoms with Crippen molar-refractivity contribution in [1.29, 1.82) is 0 Å². The Hall–Kier alpha value is -2.40. The Morgan fingerprint density at radius 3 is 2.63 bits per heavy atom. The number of ether oxygens (including phenoxy) is 1. The molecule has 0 aliphatic heterocycles. The summed E-state index contributed by atoms with van der Waals surface area (Å²) in [5, 5.41) is 0. The first-order valence-electron chi connectivity index (χ1n) is 5.67. The van der Waals surface area contributed by atoms with Crippen molar-refractivity contribution in [3.63, 3.8) is 0 Å². The predicted octanol–water partition coefficient (Wildman–Crippen LogP) is 2.01. The molecule has 0 saturated carbocycles. The maximum atomic E-state index is 12.7. The standard InChI is InChI=1S/C14H13FN2O2/c15-12-6-4-10(5-7-12)9-19-13-3-1-2-11(8-13)14(18)17-16/h1-8H,9,16H2,(H,17,18). The lowest BCUT2D eigenvalue weighted by Crippen LogP contribution is -2.29. The Morgan fingerprint density at radius 1 is 1.21 bits per heavy atom. The summed E-state index contributed by atoms with van der Waals surface area (Å²) in [6.07, 6.45) is 0. The first-order chi connectivity index (χ1) is 9.19. The van der Waals surface area contributed by atoms with Crippen molar-refractivity contribution in [2.24, 2.45) is 5.84 Å². The predicted molar refractivity (Wildman–Crippen MR) is 68.8 cm³/mol. The quantitative estimate of drug-likeness (QED) is 0.502. The topological polar surface area (TPSA) is 64.3 Å². The van der Waals surface area contributed by atoms with Gasteiger partial charge < -0.3 is 4.74 Å². The minimum Gasteiger partial charge on any atom is -0.489 e. The van der Waals surface area contributed by atoms with Gasteiger partial charge in [-0.05, 0) is 35.9 Å². The third kappa shape index (κ3) is 3.53. The fourth-order valence-electron chi connectivity index (χ4n) is 1.56. The molecule has 98 valence electrons. The molecule has 0 bridgehead atoms. The molecule has 4 nitrogen and oxygen atoms in total. The number of nitrogen functional groups attached to an aromatic ring is 1. The first kappa shape index (κ1) is 13.0. The van der Waals surface area contributed by atoms with Crippen molar-refractivity contribution >= 4 is 5.91 Å². The van der Waals surface area contributed by atoms with Crippen LogP contribution in [0.5, 0.6) is 5.75 Å². The Bertz CT molecular complexity index is 570. The van der Waals surface area contributed by atoms with E-state index in [1.807, 2.05) is 0 Å². The lowest BCUT2D eigenvalue weighted by Gasteiger charge is -2.07. The van der Waals surface area contributed by atoms with E-state index in [1.165, 1.54) is 12.1 Å². The van der Waals surface area contributed by atoms with Gasteiger partial charge in [0, 0.05) is 5.56 Å². The van der Waals surface area contributed by atoms with Crippen molar-refractivity contribution in [3.8, 4) is 5.75 Å². The van der Waals surface area contributed by atoms with Crippen LogP contribution in [0, 0.1) is 5.82 Å². The van der Waals surface area contributed by atoms with Gasteiger partial charge in [0.1, 0.15) is 18.2 Å². The Kier molecular flexibility index (Phi) is 4.10. The molecule has 0 unspecified atom stereocenters. The average Bonchev–Trinajstić information content (AvgIpc) is 2.46. The van der Waals surface area contributed by atoms with Crippen molar-refractivity contribution in [3.05, 3.63) is 65.5 Å². The third-order valence-corrected chi connectivity index (χ3v) is 2.55. The molecular formula is C14H13FN2O2. The van der Waals surface area contributed by atoms with Crippen LogP contribution in [0.3, 0.4) is 0 Å². The van der Waals surface area contributed by atoms with Crippen LogP contribution in [0.15, 0.2) is 48.5 Å². The maximum absolute atomic E-state index is 12.7. The lowest BCUT2D eigenvalue weighted by molar-refractivity contribution is 0.0953. The van der Waals surface area contributed by atoms with Gasteiger partial charge in [-0.2, -0.15) is 0 Å².